The fourth-order valence-electron chi connectivity index (χ4n) is 2.60. The van der Waals surface area contributed by atoms with Crippen LogP contribution in [0.4, 0.5) is 11.4 Å². The molecule has 0 unspecified atom stereocenters. The van der Waals surface area contributed by atoms with E-state index in [0.29, 0.717) is 28.6 Å². The molecule has 0 saturated heterocycles. The van der Waals surface area contributed by atoms with Crippen LogP contribution in [0.5, 0.6) is 23.0 Å². The van der Waals surface area contributed by atoms with Crippen molar-refractivity contribution in [2.45, 2.75) is 0 Å². The fraction of sp³-hybridized carbons (Fsp3) is 0.167. The van der Waals surface area contributed by atoms with Crippen LogP contribution >= 0.6 is 0 Å². The van der Waals surface area contributed by atoms with Gasteiger partial charge < -0.3 is 24.3 Å². The zero-order valence-corrected chi connectivity index (χ0v) is 14.8. The Hall–Kier alpha value is -3.75. The smallest absolute Gasteiger partial charge is 0.291 e. The Kier molecular flexibility index (Phi) is 4.84. The van der Waals surface area contributed by atoms with Crippen molar-refractivity contribution in [2.24, 2.45) is 0 Å². The number of methoxy groups -OCH3 is 3. The highest BCUT2D eigenvalue weighted by Crippen LogP contribution is 2.39. The lowest BCUT2D eigenvalue weighted by molar-refractivity contribution is -0.384. The van der Waals surface area contributed by atoms with Crippen molar-refractivity contribution in [3.8, 4) is 23.0 Å². The molecule has 1 heterocycles. The van der Waals surface area contributed by atoms with Crippen molar-refractivity contribution in [2.75, 3.05) is 26.6 Å². The van der Waals surface area contributed by atoms with Gasteiger partial charge in [0.05, 0.1) is 31.9 Å². The molecular formula is C18H16N2O7. The Morgan fingerprint density at radius 1 is 1.07 bits per heavy atom. The first kappa shape index (κ1) is 18.1. The number of anilines is 1. The van der Waals surface area contributed by atoms with E-state index in [0.717, 1.165) is 0 Å². The maximum atomic E-state index is 12.3. The number of nitro groups is 1. The average Bonchev–Trinajstić information content (AvgIpc) is 2.67. The first-order chi connectivity index (χ1) is 13.0. The third-order valence-corrected chi connectivity index (χ3v) is 3.85. The number of amides is 1. The van der Waals surface area contributed by atoms with Gasteiger partial charge in [-0.3, -0.25) is 14.9 Å². The molecule has 1 aliphatic rings. The second kappa shape index (κ2) is 7.24. The van der Waals surface area contributed by atoms with Crippen LogP contribution in [0.15, 0.2) is 36.1 Å². The van der Waals surface area contributed by atoms with Crippen LogP contribution in [0, 0.1) is 10.1 Å². The van der Waals surface area contributed by atoms with Gasteiger partial charge in [0.15, 0.2) is 23.0 Å². The highest BCUT2D eigenvalue weighted by Gasteiger charge is 2.24. The molecule has 0 aromatic heterocycles. The van der Waals surface area contributed by atoms with Gasteiger partial charge in [-0.05, 0) is 29.8 Å². The van der Waals surface area contributed by atoms with Crippen LogP contribution in [0.25, 0.3) is 6.08 Å². The summed E-state index contributed by atoms with van der Waals surface area (Å²) in [7, 11) is 4.47. The van der Waals surface area contributed by atoms with Crippen molar-refractivity contribution in [1.82, 2.24) is 0 Å². The molecule has 0 radical (unpaired) electrons. The molecule has 2 aromatic carbocycles. The summed E-state index contributed by atoms with van der Waals surface area (Å²) in [5.74, 6) is 1.07. The van der Waals surface area contributed by atoms with E-state index in [-0.39, 0.29) is 17.1 Å². The molecule has 1 N–H and O–H groups in total. The number of rotatable bonds is 5. The number of hydrogen-bond donors (Lipinski definition) is 1. The lowest BCUT2D eigenvalue weighted by Crippen LogP contribution is -2.23. The third kappa shape index (κ3) is 3.47. The SMILES string of the molecule is COc1cc(/C=C2\Oc3ccc([N+](=O)[O-])cc3NC2=O)cc(OC)c1OC. The Bertz CT molecular complexity index is 928. The van der Waals surface area contributed by atoms with Crippen LogP contribution in [0.3, 0.4) is 0 Å². The lowest BCUT2D eigenvalue weighted by atomic mass is 10.1. The number of carbonyl (C=O) groups is 1. The maximum absolute atomic E-state index is 12.3. The Morgan fingerprint density at radius 2 is 1.74 bits per heavy atom. The van der Waals surface area contributed by atoms with Crippen molar-refractivity contribution < 1.29 is 28.7 Å². The highest BCUT2D eigenvalue weighted by atomic mass is 16.6. The van der Waals surface area contributed by atoms with Gasteiger partial charge in [-0.2, -0.15) is 0 Å². The van der Waals surface area contributed by atoms with Gasteiger partial charge in [0.1, 0.15) is 0 Å². The van der Waals surface area contributed by atoms with Gasteiger partial charge in [-0.1, -0.05) is 0 Å². The predicted molar refractivity (Wildman–Crippen MR) is 96.4 cm³/mol. The molecule has 0 spiro atoms. The quantitative estimate of drug-likeness (QED) is 0.488. The van der Waals surface area contributed by atoms with Crippen LogP contribution in [-0.2, 0) is 4.79 Å². The predicted octanol–water partition coefficient (Wildman–Crippen LogP) is 2.99. The summed E-state index contributed by atoms with van der Waals surface area (Å²) in [5, 5.41) is 13.4. The van der Waals surface area contributed by atoms with Gasteiger partial charge in [0.25, 0.3) is 11.6 Å². The molecule has 0 aliphatic carbocycles. The number of nitro benzene ring substituents is 1. The molecule has 140 valence electrons. The lowest BCUT2D eigenvalue weighted by Gasteiger charge is -2.20. The van der Waals surface area contributed by atoms with Gasteiger partial charge in [0.2, 0.25) is 5.75 Å². The highest BCUT2D eigenvalue weighted by molar-refractivity contribution is 6.08. The van der Waals surface area contributed by atoms with E-state index in [4.69, 9.17) is 18.9 Å². The van der Waals surface area contributed by atoms with Crippen LogP contribution in [-0.4, -0.2) is 32.2 Å². The molecule has 0 bridgehead atoms. The first-order valence-corrected chi connectivity index (χ1v) is 7.76. The summed E-state index contributed by atoms with van der Waals surface area (Å²) >= 11 is 0. The number of nitrogens with one attached hydrogen (secondary N) is 1. The number of fused-ring (bicyclic) bond motifs is 1. The number of carbonyl (C=O) groups excluding carboxylic acids is 1. The standard InChI is InChI=1S/C18H16N2O7/c1-24-14-6-10(7-15(25-2)17(14)26-3)8-16-18(21)19-12-9-11(20(22)23)4-5-13(12)27-16/h4-9H,1-3H3,(H,19,21)/b16-8-. The molecule has 1 amide bonds. The summed E-state index contributed by atoms with van der Waals surface area (Å²) in [6.45, 7) is 0. The zero-order valence-electron chi connectivity index (χ0n) is 14.8. The summed E-state index contributed by atoms with van der Waals surface area (Å²) in [6.07, 6.45) is 1.50. The number of ether oxygens (including phenoxy) is 4. The summed E-state index contributed by atoms with van der Waals surface area (Å²) < 4.78 is 21.4. The van der Waals surface area contributed by atoms with Crippen molar-refractivity contribution in [1.29, 1.82) is 0 Å². The Labute approximate surface area is 154 Å². The van der Waals surface area contributed by atoms with E-state index in [9.17, 15) is 14.9 Å². The normalized spacial score (nSPS) is 14.0. The second-order valence-corrected chi connectivity index (χ2v) is 5.46. The van der Waals surface area contributed by atoms with E-state index in [1.807, 2.05) is 0 Å². The summed E-state index contributed by atoms with van der Waals surface area (Å²) in [5.41, 5.74) is 0.672. The Balaban J connectivity index is 1.98. The minimum atomic E-state index is -0.548. The third-order valence-electron chi connectivity index (χ3n) is 3.85. The van der Waals surface area contributed by atoms with Crippen molar-refractivity contribution in [3.63, 3.8) is 0 Å². The molecular weight excluding hydrogens is 356 g/mol. The largest absolute Gasteiger partial charge is 0.493 e. The number of nitrogens with zero attached hydrogens (tertiary/aromatic N) is 1. The second-order valence-electron chi connectivity index (χ2n) is 5.46. The van der Waals surface area contributed by atoms with E-state index in [1.165, 1.54) is 45.6 Å². The molecule has 9 nitrogen and oxygen atoms in total. The average molecular weight is 372 g/mol. The minimum absolute atomic E-state index is 0.0191. The van der Waals surface area contributed by atoms with Gasteiger partial charge >= 0.3 is 0 Å². The molecule has 9 heteroatoms. The number of non-ortho nitro benzene ring substituents is 1. The molecule has 0 saturated carbocycles. The van der Waals surface area contributed by atoms with E-state index in [1.54, 1.807) is 12.1 Å². The van der Waals surface area contributed by atoms with Crippen LogP contribution < -0.4 is 24.3 Å². The van der Waals surface area contributed by atoms with Crippen LogP contribution in [0.1, 0.15) is 5.56 Å². The molecule has 0 fully saturated rings. The Morgan fingerprint density at radius 3 is 2.30 bits per heavy atom. The van der Waals surface area contributed by atoms with Crippen molar-refractivity contribution >= 4 is 23.4 Å². The number of hydrogen-bond acceptors (Lipinski definition) is 7. The molecule has 3 rings (SSSR count). The monoisotopic (exact) mass is 372 g/mol. The minimum Gasteiger partial charge on any atom is -0.493 e. The molecule has 0 atom stereocenters. The van der Waals surface area contributed by atoms with Gasteiger partial charge in [-0.25, -0.2) is 0 Å². The molecule has 27 heavy (non-hydrogen) atoms. The zero-order chi connectivity index (χ0) is 19.6. The van der Waals surface area contributed by atoms with E-state index in [2.05, 4.69) is 5.32 Å². The van der Waals surface area contributed by atoms with Crippen LogP contribution in [0.2, 0.25) is 0 Å². The number of benzene rings is 2. The van der Waals surface area contributed by atoms with E-state index < -0.39 is 10.8 Å². The molecule has 1 aliphatic heterocycles. The topological polar surface area (TPSA) is 109 Å². The first-order valence-electron chi connectivity index (χ1n) is 7.76. The van der Waals surface area contributed by atoms with E-state index >= 15 is 0 Å². The summed E-state index contributed by atoms with van der Waals surface area (Å²) in [6, 6.07) is 7.29. The van der Waals surface area contributed by atoms with Gasteiger partial charge in [0, 0.05) is 12.1 Å². The van der Waals surface area contributed by atoms with Gasteiger partial charge in [-0.15, -0.1) is 0 Å². The van der Waals surface area contributed by atoms with Crippen molar-refractivity contribution in [3.05, 3.63) is 51.8 Å². The summed E-state index contributed by atoms with van der Waals surface area (Å²) in [4.78, 5) is 22.6. The molecule has 2 aromatic rings. The fourth-order valence-corrected chi connectivity index (χ4v) is 2.60. The maximum Gasteiger partial charge on any atom is 0.291 e.